The van der Waals surface area contributed by atoms with Crippen molar-refractivity contribution in [1.29, 1.82) is 0 Å². The minimum Gasteiger partial charge on any atom is -0.493 e. The van der Waals surface area contributed by atoms with Crippen molar-refractivity contribution < 1.29 is 19.2 Å². The van der Waals surface area contributed by atoms with Crippen molar-refractivity contribution in [2.75, 3.05) is 27.3 Å². The lowest BCUT2D eigenvalue weighted by molar-refractivity contribution is -0.385. The summed E-state index contributed by atoms with van der Waals surface area (Å²) < 4.78 is 10.2. The molecule has 1 aromatic rings. The SMILES string of the molecule is COc1cc(C(=O)NC2CCCNC2)c([N+](=O)[O-])cc1OC.Cl. The molecule has 0 bridgehead atoms. The van der Waals surface area contributed by atoms with E-state index in [1.54, 1.807) is 0 Å². The van der Waals surface area contributed by atoms with Gasteiger partial charge in [-0.2, -0.15) is 0 Å². The summed E-state index contributed by atoms with van der Waals surface area (Å²) in [4.78, 5) is 23.0. The van der Waals surface area contributed by atoms with Gasteiger partial charge in [-0.25, -0.2) is 0 Å². The summed E-state index contributed by atoms with van der Waals surface area (Å²) in [6.07, 6.45) is 1.80. The third kappa shape index (κ3) is 4.46. The highest BCUT2D eigenvalue weighted by Crippen LogP contribution is 2.34. The molecule has 8 nitrogen and oxygen atoms in total. The van der Waals surface area contributed by atoms with Gasteiger partial charge >= 0.3 is 0 Å². The second kappa shape index (κ2) is 8.54. The van der Waals surface area contributed by atoms with E-state index in [0.29, 0.717) is 6.54 Å². The third-order valence-electron chi connectivity index (χ3n) is 3.58. The molecule has 1 aromatic carbocycles. The number of halogens is 1. The van der Waals surface area contributed by atoms with Gasteiger partial charge in [0.2, 0.25) is 0 Å². The molecule has 0 aromatic heterocycles. The Labute approximate surface area is 140 Å². The van der Waals surface area contributed by atoms with Crippen molar-refractivity contribution in [2.24, 2.45) is 0 Å². The number of hydrogen-bond acceptors (Lipinski definition) is 6. The number of nitro groups is 1. The Morgan fingerprint density at radius 3 is 2.52 bits per heavy atom. The molecule has 1 atom stereocenters. The quantitative estimate of drug-likeness (QED) is 0.619. The molecule has 1 heterocycles. The molecule has 1 fully saturated rings. The highest BCUT2D eigenvalue weighted by molar-refractivity contribution is 5.99. The normalized spacial score (nSPS) is 16.9. The Bertz CT molecular complexity index is 576. The first-order valence-corrected chi connectivity index (χ1v) is 6.98. The van der Waals surface area contributed by atoms with E-state index >= 15 is 0 Å². The molecule has 1 saturated heterocycles. The van der Waals surface area contributed by atoms with Gasteiger partial charge in [0, 0.05) is 18.7 Å². The Morgan fingerprint density at radius 1 is 1.35 bits per heavy atom. The summed E-state index contributed by atoms with van der Waals surface area (Å²) in [6, 6.07) is 2.50. The van der Waals surface area contributed by atoms with Crippen molar-refractivity contribution in [3.63, 3.8) is 0 Å². The smallest absolute Gasteiger partial charge is 0.286 e. The lowest BCUT2D eigenvalue weighted by atomic mass is 10.1. The molecular weight excluding hydrogens is 326 g/mol. The molecule has 2 N–H and O–H groups in total. The predicted octanol–water partition coefficient (Wildman–Crippen LogP) is 1.52. The fourth-order valence-corrected chi connectivity index (χ4v) is 2.44. The van der Waals surface area contributed by atoms with Gasteiger partial charge < -0.3 is 20.1 Å². The van der Waals surface area contributed by atoms with Gasteiger partial charge in [0.05, 0.1) is 25.2 Å². The Morgan fingerprint density at radius 2 is 2.00 bits per heavy atom. The second-order valence-electron chi connectivity index (χ2n) is 5.00. The Hall–Kier alpha value is -2.06. The zero-order valence-electron chi connectivity index (χ0n) is 13.0. The van der Waals surface area contributed by atoms with E-state index in [1.165, 1.54) is 26.4 Å². The van der Waals surface area contributed by atoms with Crippen molar-refractivity contribution in [1.82, 2.24) is 10.6 Å². The number of methoxy groups -OCH3 is 2. The molecule has 1 aliphatic heterocycles. The molecule has 1 aliphatic rings. The molecule has 23 heavy (non-hydrogen) atoms. The number of piperidine rings is 1. The predicted molar refractivity (Wildman–Crippen MR) is 86.8 cm³/mol. The number of benzene rings is 1. The number of nitro benzene ring substituents is 1. The molecule has 0 radical (unpaired) electrons. The number of amides is 1. The monoisotopic (exact) mass is 345 g/mol. The van der Waals surface area contributed by atoms with E-state index in [0.717, 1.165) is 19.4 Å². The summed E-state index contributed by atoms with van der Waals surface area (Å²) in [7, 11) is 2.80. The number of carbonyl (C=O) groups is 1. The number of nitrogens with zero attached hydrogens (tertiary/aromatic N) is 1. The Kier molecular flexibility index (Phi) is 7.05. The number of carbonyl (C=O) groups excluding carboxylic acids is 1. The zero-order valence-corrected chi connectivity index (χ0v) is 13.8. The van der Waals surface area contributed by atoms with E-state index in [9.17, 15) is 14.9 Å². The van der Waals surface area contributed by atoms with E-state index in [1.807, 2.05) is 0 Å². The molecular formula is C14H20ClN3O5. The molecule has 0 aliphatic carbocycles. The fraction of sp³-hybridized carbons (Fsp3) is 0.500. The van der Waals surface area contributed by atoms with Crippen molar-refractivity contribution in [3.8, 4) is 11.5 Å². The van der Waals surface area contributed by atoms with Gasteiger partial charge in [-0.1, -0.05) is 0 Å². The van der Waals surface area contributed by atoms with Crippen LogP contribution in [-0.4, -0.2) is 44.2 Å². The first kappa shape index (κ1) is 19.0. The van der Waals surface area contributed by atoms with Crippen LogP contribution in [0.1, 0.15) is 23.2 Å². The van der Waals surface area contributed by atoms with Crippen LogP contribution in [0, 0.1) is 10.1 Å². The average Bonchev–Trinajstić information content (AvgIpc) is 2.54. The largest absolute Gasteiger partial charge is 0.493 e. The summed E-state index contributed by atoms with van der Waals surface area (Å²) in [5.74, 6) is 0.00598. The number of nitrogens with one attached hydrogen (secondary N) is 2. The molecule has 1 amide bonds. The minimum atomic E-state index is -0.601. The Balaban J connectivity index is 0.00000264. The number of hydrogen-bond donors (Lipinski definition) is 2. The minimum absolute atomic E-state index is 0. The lowest BCUT2D eigenvalue weighted by Crippen LogP contribution is -2.45. The van der Waals surface area contributed by atoms with Crippen LogP contribution in [0.15, 0.2) is 12.1 Å². The van der Waals surface area contributed by atoms with Gasteiger partial charge in [0.25, 0.3) is 11.6 Å². The van der Waals surface area contributed by atoms with Crippen LogP contribution in [0.25, 0.3) is 0 Å². The van der Waals surface area contributed by atoms with Crippen LogP contribution < -0.4 is 20.1 Å². The maximum absolute atomic E-state index is 12.4. The molecule has 128 valence electrons. The second-order valence-corrected chi connectivity index (χ2v) is 5.00. The summed E-state index contributed by atoms with van der Waals surface area (Å²) >= 11 is 0. The number of ether oxygens (including phenoxy) is 2. The first-order valence-electron chi connectivity index (χ1n) is 6.98. The maximum atomic E-state index is 12.4. The number of rotatable bonds is 5. The highest BCUT2D eigenvalue weighted by atomic mass is 35.5. The van der Waals surface area contributed by atoms with Gasteiger partial charge in [0.15, 0.2) is 11.5 Å². The van der Waals surface area contributed by atoms with Gasteiger partial charge in [0.1, 0.15) is 5.56 Å². The lowest BCUT2D eigenvalue weighted by Gasteiger charge is -2.23. The highest BCUT2D eigenvalue weighted by Gasteiger charge is 2.26. The summed E-state index contributed by atoms with van der Waals surface area (Å²) in [5.41, 5.74) is -0.341. The van der Waals surface area contributed by atoms with Crippen LogP contribution in [0.5, 0.6) is 11.5 Å². The first-order chi connectivity index (χ1) is 10.6. The van der Waals surface area contributed by atoms with E-state index in [2.05, 4.69) is 10.6 Å². The fourth-order valence-electron chi connectivity index (χ4n) is 2.44. The zero-order chi connectivity index (χ0) is 16.1. The van der Waals surface area contributed by atoms with Gasteiger partial charge in [-0.05, 0) is 19.4 Å². The van der Waals surface area contributed by atoms with Crippen LogP contribution in [-0.2, 0) is 0 Å². The van der Waals surface area contributed by atoms with Crippen LogP contribution in [0.3, 0.4) is 0 Å². The van der Waals surface area contributed by atoms with Crippen molar-refractivity contribution in [2.45, 2.75) is 18.9 Å². The van der Waals surface area contributed by atoms with Crippen molar-refractivity contribution in [3.05, 3.63) is 27.8 Å². The standard InChI is InChI=1S/C14H19N3O5.ClH/c1-21-12-6-10(11(17(19)20)7-13(12)22-2)14(18)16-9-4-3-5-15-8-9;/h6-7,9,15H,3-5,8H2,1-2H3,(H,16,18);1H. The maximum Gasteiger partial charge on any atom is 0.286 e. The van der Waals surface area contributed by atoms with Gasteiger partial charge in [-0.3, -0.25) is 14.9 Å². The van der Waals surface area contributed by atoms with E-state index < -0.39 is 10.8 Å². The van der Waals surface area contributed by atoms with Crippen molar-refractivity contribution >= 4 is 24.0 Å². The molecule has 2 rings (SSSR count). The summed E-state index contributed by atoms with van der Waals surface area (Å²) in [5, 5.41) is 17.2. The van der Waals surface area contributed by atoms with E-state index in [-0.39, 0.29) is 41.2 Å². The summed E-state index contributed by atoms with van der Waals surface area (Å²) in [6.45, 7) is 1.58. The van der Waals surface area contributed by atoms with Crippen LogP contribution in [0.2, 0.25) is 0 Å². The molecule has 0 spiro atoms. The molecule has 0 saturated carbocycles. The van der Waals surface area contributed by atoms with E-state index in [4.69, 9.17) is 9.47 Å². The topological polar surface area (TPSA) is 103 Å². The average molecular weight is 346 g/mol. The van der Waals surface area contributed by atoms with Crippen LogP contribution >= 0.6 is 12.4 Å². The third-order valence-corrected chi connectivity index (χ3v) is 3.58. The molecule has 1 unspecified atom stereocenters. The van der Waals surface area contributed by atoms with Gasteiger partial charge in [-0.15, -0.1) is 12.4 Å². The van der Waals surface area contributed by atoms with Crippen LogP contribution in [0.4, 0.5) is 5.69 Å². The molecule has 9 heteroatoms.